The number of carboxylic acids is 1. The van der Waals surface area contributed by atoms with Gasteiger partial charge in [0.25, 0.3) is 0 Å². The number of aliphatic carboxylic acids is 1. The predicted molar refractivity (Wildman–Crippen MR) is 240 cm³/mol. The summed E-state index contributed by atoms with van der Waals surface area (Å²) in [7, 11) is 0. The Bertz CT molecular complexity index is 2330. The Hall–Kier alpha value is -5.41. The van der Waals surface area contributed by atoms with E-state index in [4.69, 9.17) is 21.1 Å². The molecule has 318 valence electrons. The molecule has 0 bridgehead atoms. The van der Waals surface area contributed by atoms with Crippen LogP contribution in [0.5, 0.6) is 11.5 Å². The number of aryl methyl sites for hydroxylation is 1. The van der Waals surface area contributed by atoms with Crippen molar-refractivity contribution in [3.8, 4) is 22.8 Å². The average molecular weight is 841 g/mol. The van der Waals surface area contributed by atoms with Crippen molar-refractivity contribution in [2.24, 2.45) is 11.8 Å². The third-order valence-corrected chi connectivity index (χ3v) is 13.7. The number of carbonyl (C=O) groups is 2. The second-order valence-electron chi connectivity index (χ2n) is 17.7. The smallest absolute Gasteiger partial charge is 0.329 e. The molecule has 3 atom stereocenters. The van der Waals surface area contributed by atoms with Gasteiger partial charge in [-0.1, -0.05) is 61.8 Å². The van der Waals surface area contributed by atoms with Gasteiger partial charge in [-0.15, -0.1) is 0 Å². The van der Waals surface area contributed by atoms with E-state index < -0.39 is 11.5 Å². The van der Waals surface area contributed by atoms with Gasteiger partial charge < -0.3 is 25.2 Å². The van der Waals surface area contributed by atoms with Gasteiger partial charge in [0.15, 0.2) is 0 Å². The highest BCUT2D eigenvalue weighted by Crippen LogP contribution is 2.57. The summed E-state index contributed by atoms with van der Waals surface area (Å²) in [6.45, 7) is 6.03. The number of halogens is 1. The zero-order valence-electron chi connectivity index (χ0n) is 35.3. The lowest BCUT2D eigenvalue weighted by Gasteiger charge is -2.47. The SMILES string of the molecule is C[C@@H](COc1ccnc2c1[C@H](C)CCC2)CC1Cc2ccc(OCCCC(=O)NCc3cccc(-c4ccccn4)c3)cc2C12CCC(Nc1cccc(Cl)c1)(C(=O)O)CC2. The Kier molecular flexibility index (Phi) is 13.0. The fourth-order valence-corrected chi connectivity index (χ4v) is 10.4. The number of nitrogens with zero attached hydrogens (tertiary/aromatic N) is 2. The maximum absolute atomic E-state index is 13.1. The number of amides is 1. The molecule has 0 saturated heterocycles. The Morgan fingerprint density at radius 2 is 1.79 bits per heavy atom. The number of nitrogens with one attached hydrogen (secondary N) is 2. The van der Waals surface area contributed by atoms with Crippen LogP contribution in [0.15, 0.2) is 103 Å². The Morgan fingerprint density at radius 1 is 0.934 bits per heavy atom. The lowest BCUT2D eigenvalue weighted by atomic mass is 9.59. The molecule has 0 aliphatic heterocycles. The van der Waals surface area contributed by atoms with Crippen LogP contribution >= 0.6 is 11.6 Å². The number of pyridine rings is 2. The molecule has 8 rings (SSSR count). The first-order valence-electron chi connectivity index (χ1n) is 22.0. The molecule has 2 heterocycles. The van der Waals surface area contributed by atoms with E-state index in [0.29, 0.717) is 68.0 Å². The lowest BCUT2D eigenvalue weighted by Crippen LogP contribution is -2.53. The van der Waals surface area contributed by atoms with Gasteiger partial charge in [0.1, 0.15) is 17.0 Å². The summed E-state index contributed by atoms with van der Waals surface area (Å²) in [5.74, 6) is 1.92. The Morgan fingerprint density at radius 3 is 2.59 bits per heavy atom. The molecule has 61 heavy (non-hydrogen) atoms. The molecule has 5 aromatic rings. The van der Waals surface area contributed by atoms with Gasteiger partial charge in [0.05, 0.1) is 18.9 Å². The molecule has 2 aromatic heterocycles. The van der Waals surface area contributed by atoms with Gasteiger partial charge in [0.2, 0.25) is 5.91 Å². The van der Waals surface area contributed by atoms with Crippen LogP contribution in [0.3, 0.4) is 0 Å². The quantitative estimate of drug-likeness (QED) is 0.0840. The first-order valence-corrected chi connectivity index (χ1v) is 22.4. The van der Waals surface area contributed by atoms with Crippen LogP contribution in [-0.2, 0) is 34.4 Å². The van der Waals surface area contributed by atoms with Crippen LogP contribution in [0.25, 0.3) is 11.3 Å². The van der Waals surface area contributed by atoms with E-state index in [1.807, 2.05) is 60.8 Å². The van der Waals surface area contributed by atoms with E-state index in [0.717, 1.165) is 73.3 Å². The number of hydrogen-bond donors (Lipinski definition) is 3. The molecule has 1 spiro atoms. The number of carboxylic acid groups (broad SMARTS) is 1. The third kappa shape index (κ3) is 9.57. The maximum Gasteiger partial charge on any atom is 0.329 e. The number of ether oxygens (including phenoxy) is 2. The van der Waals surface area contributed by atoms with Crippen molar-refractivity contribution in [1.82, 2.24) is 15.3 Å². The fourth-order valence-electron chi connectivity index (χ4n) is 10.3. The first kappa shape index (κ1) is 42.3. The van der Waals surface area contributed by atoms with Crippen molar-refractivity contribution in [1.29, 1.82) is 0 Å². The van der Waals surface area contributed by atoms with Crippen molar-refractivity contribution < 1.29 is 24.2 Å². The molecule has 10 heteroatoms. The van der Waals surface area contributed by atoms with Gasteiger partial charge in [-0.05, 0) is 159 Å². The Labute approximate surface area is 364 Å². The lowest BCUT2D eigenvalue weighted by molar-refractivity contribution is -0.144. The van der Waals surface area contributed by atoms with E-state index in [9.17, 15) is 14.7 Å². The molecular formula is C51H57ClN4O5. The standard InChI is InChI=1S/C51H57ClN4O5/c1-34(33-61-46-19-25-54-45-15-5-9-35(2)48(45)46)27-39-29-37-17-18-42(60-26-8-16-47(57)55-32-36-10-6-11-38(28-36)44-14-3-4-24-53-44)31-43(37)50(39)20-22-51(23-21-50,49(58)59)56-41-13-7-12-40(52)30-41/h3-4,6-7,10-14,17-19,24-25,28,30-31,34-35,39,56H,5,8-9,15-16,20-23,26-27,29,32-33H2,1-2H3,(H,55,57)(H,58,59)/t34-,35-,39?,50?,51?/m1/s1. The number of fused-ring (bicyclic) bond motifs is 3. The zero-order valence-corrected chi connectivity index (χ0v) is 36.1. The van der Waals surface area contributed by atoms with Crippen molar-refractivity contribution in [3.05, 3.63) is 136 Å². The van der Waals surface area contributed by atoms with Gasteiger partial charge in [-0.25, -0.2) is 4.79 Å². The fraction of sp³-hybridized carbons (Fsp3) is 0.412. The van der Waals surface area contributed by atoms with Crippen LogP contribution < -0.4 is 20.1 Å². The van der Waals surface area contributed by atoms with Gasteiger partial charge >= 0.3 is 5.97 Å². The largest absolute Gasteiger partial charge is 0.494 e. The summed E-state index contributed by atoms with van der Waals surface area (Å²) in [4.78, 5) is 35.1. The number of hydrogen-bond acceptors (Lipinski definition) is 7. The zero-order chi connectivity index (χ0) is 42.4. The minimum atomic E-state index is -1.11. The molecule has 3 aliphatic rings. The number of aromatic nitrogens is 2. The summed E-state index contributed by atoms with van der Waals surface area (Å²) < 4.78 is 12.9. The van der Waals surface area contributed by atoms with E-state index in [2.05, 4.69) is 58.7 Å². The van der Waals surface area contributed by atoms with Crippen LogP contribution in [-0.4, -0.2) is 45.7 Å². The van der Waals surface area contributed by atoms with Crippen LogP contribution in [0.2, 0.25) is 5.02 Å². The van der Waals surface area contributed by atoms with Crippen LogP contribution in [0.1, 0.15) is 106 Å². The molecule has 0 radical (unpaired) electrons. The van der Waals surface area contributed by atoms with E-state index >= 15 is 0 Å². The number of carbonyl (C=O) groups excluding carboxylic acids is 1. The highest BCUT2D eigenvalue weighted by Gasteiger charge is 2.54. The summed E-state index contributed by atoms with van der Waals surface area (Å²) in [6.07, 6.45) is 12.2. The first-order chi connectivity index (χ1) is 29.6. The normalized spacial score (nSPS) is 22.1. The minimum Gasteiger partial charge on any atom is -0.494 e. The summed E-state index contributed by atoms with van der Waals surface area (Å²) >= 11 is 6.32. The molecule has 3 aromatic carbocycles. The summed E-state index contributed by atoms with van der Waals surface area (Å²) in [6, 6.07) is 29.7. The molecule has 1 amide bonds. The van der Waals surface area contributed by atoms with Crippen LogP contribution in [0.4, 0.5) is 5.69 Å². The summed E-state index contributed by atoms with van der Waals surface area (Å²) in [5.41, 5.74) is 7.35. The van der Waals surface area contributed by atoms with E-state index in [-0.39, 0.29) is 17.2 Å². The second kappa shape index (κ2) is 18.7. The van der Waals surface area contributed by atoms with Gasteiger partial charge in [0, 0.05) is 52.9 Å². The number of anilines is 1. The monoisotopic (exact) mass is 840 g/mol. The predicted octanol–water partition coefficient (Wildman–Crippen LogP) is 10.7. The summed E-state index contributed by atoms with van der Waals surface area (Å²) in [5, 5.41) is 17.7. The van der Waals surface area contributed by atoms with Crippen LogP contribution in [0, 0.1) is 11.8 Å². The van der Waals surface area contributed by atoms with Gasteiger partial charge in [-0.3, -0.25) is 14.8 Å². The topological polar surface area (TPSA) is 123 Å². The molecule has 1 fully saturated rings. The average Bonchev–Trinajstić information content (AvgIpc) is 3.55. The third-order valence-electron chi connectivity index (χ3n) is 13.5. The number of benzene rings is 3. The molecule has 1 unspecified atom stereocenters. The van der Waals surface area contributed by atoms with Gasteiger partial charge in [-0.2, -0.15) is 0 Å². The Balaban J connectivity index is 0.931. The highest BCUT2D eigenvalue weighted by molar-refractivity contribution is 6.30. The molecule has 9 nitrogen and oxygen atoms in total. The molecule has 3 N–H and O–H groups in total. The maximum atomic E-state index is 13.1. The molecule has 1 saturated carbocycles. The van der Waals surface area contributed by atoms with Crippen molar-refractivity contribution in [2.45, 2.75) is 108 Å². The second-order valence-corrected chi connectivity index (χ2v) is 18.1. The minimum absolute atomic E-state index is 0.0190. The van der Waals surface area contributed by atoms with Crippen molar-refractivity contribution >= 4 is 29.2 Å². The van der Waals surface area contributed by atoms with E-state index in [1.165, 1.54) is 22.4 Å². The number of rotatable bonds is 16. The molecule has 3 aliphatic carbocycles. The van der Waals surface area contributed by atoms with E-state index in [1.54, 1.807) is 18.3 Å². The molecular weight excluding hydrogens is 784 g/mol. The van der Waals surface area contributed by atoms with Crippen molar-refractivity contribution in [2.75, 3.05) is 18.5 Å². The highest BCUT2D eigenvalue weighted by atomic mass is 35.5. The van der Waals surface area contributed by atoms with Crippen molar-refractivity contribution in [3.63, 3.8) is 0 Å².